The molecule has 3 aromatic rings. The number of rotatable bonds is 5. The first-order valence-electron chi connectivity index (χ1n) is 7.64. The number of ether oxygens (including phenoxy) is 1. The number of methoxy groups -OCH3 is 1. The van der Waals surface area contributed by atoms with Gasteiger partial charge in [0.05, 0.1) is 33.3 Å². The first kappa shape index (κ1) is 16.6. The minimum Gasteiger partial charge on any atom is -0.481 e. The van der Waals surface area contributed by atoms with Gasteiger partial charge in [-0.1, -0.05) is 36.2 Å². The normalized spacial score (nSPS) is 11.5. The second-order valence-electron chi connectivity index (χ2n) is 5.86. The summed E-state index contributed by atoms with van der Waals surface area (Å²) in [6.45, 7) is 4.43. The van der Waals surface area contributed by atoms with Crippen LogP contribution in [-0.4, -0.2) is 41.6 Å². The van der Waals surface area contributed by atoms with E-state index in [4.69, 9.17) is 16.3 Å². The summed E-state index contributed by atoms with van der Waals surface area (Å²) in [6, 6.07) is 7.39. The predicted octanol–water partition coefficient (Wildman–Crippen LogP) is 2.01. The maximum absolute atomic E-state index is 6.19. The fraction of sp³-hybridized carbons (Fsp3) is 0.250. The van der Waals surface area contributed by atoms with Crippen LogP contribution in [0.15, 0.2) is 36.8 Å². The van der Waals surface area contributed by atoms with Crippen molar-refractivity contribution in [1.29, 1.82) is 0 Å². The van der Waals surface area contributed by atoms with Gasteiger partial charge in [0.25, 0.3) is 0 Å². The van der Waals surface area contributed by atoms with Crippen molar-refractivity contribution in [3.8, 4) is 22.8 Å². The average molecular weight is 360 g/mol. The molecule has 0 fully saturated rings. The van der Waals surface area contributed by atoms with E-state index in [1.165, 1.54) is 6.33 Å². The second kappa shape index (κ2) is 7.10. The molecular formula is C16H18ClN5OSi. The van der Waals surface area contributed by atoms with Gasteiger partial charge in [0.2, 0.25) is 5.88 Å². The molecule has 0 saturated carbocycles. The third-order valence-corrected chi connectivity index (χ3v) is 5.28. The van der Waals surface area contributed by atoms with Gasteiger partial charge in [-0.05, 0) is 18.2 Å². The zero-order valence-corrected chi connectivity index (χ0v) is 15.9. The lowest BCUT2D eigenvalue weighted by molar-refractivity contribution is 0.397. The third-order valence-electron chi connectivity index (χ3n) is 3.49. The maximum atomic E-state index is 6.19. The van der Waals surface area contributed by atoms with Crippen LogP contribution in [0.3, 0.4) is 0 Å². The molecule has 124 valence electrons. The largest absolute Gasteiger partial charge is 0.481 e. The van der Waals surface area contributed by atoms with Crippen LogP contribution in [0, 0.1) is 0 Å². The smallest absolute Gasteiger partial charge is 0.216 e. The molecule has 2 aromatic heterocycles. The lowest BCUT2D eigenvalue weighted by Crippen LogP contribution is -2.17. The molecule has 8 heteroatoms. The Morgan fingerprint density at radius 1 is 1.21 bits per heavy atom. The molecule has 0 spiro atoms. The first-order valence-corrected chi connectivity index (χ1v) is 9.54. The molecule has 0 aliphatic rings. The van der Waals surface area contributed by atoms with Crippen LogP contribution in [-0.2, 0) is 0 Å². The highest BCUT2D eigenvalue weighted by atomic mass is 35.5. The molecule has 0 radical (unpaired) electrons. The van der Waals surface area contributed by atoms with E-state index in [1.807, 2.05) is 24.4 Å². The van der Waals surface area contributed by atoms with Crippen LogP contribution in [0.4, 0.5) is 0 Å². The van der Waals surface area contributed by atoms with Crippen LogP contribution in [0.5, 0.6) is 5.88 Å². The van der Waals surface area contributed by atoms with Crippen molar-refractivity contribution < 1.29 is 4.74 Å². The Balaban J connectivity index is 2.07. The molecule has 0 saturated heterocycles. The number of halogens is 1. The van der Waals surface area contributed by atoms with Crippen LogP contribution >= 0.6 is 11.6 Å². The standard InChI is InChI=1S/C16H18ClN5OSi/c1-10(2)24-16-8-22(21-20-16)14-5-4-11(17)6-12(14)13-7-15(23-3)19-9-18-13/h4-10H,24H2,1-3H3. The Morgan fingerprint density at radius 2 is 2.04 bits per heavy atom. The Morgan fingerprint density at radius 3 is 2.79 bits per heavy atom. The van der Waals surface area contributed by atoms with Gasteiger partial charge in [0.15, 0.2) is 0 Å². The molecule has 2 heterocycles. The molecule has 0 amide bonds. The Hall–Kier alpha value is -2.25. The molecule has 24 heavy (non-hydrogen) atoms. The van der Waals surface area contributed by atoms with Crippen LogP contribution in [0.25, 0.3) is 16.9 Å². The molecule has 0 unspecified atom stereocenters. The molecule has 0 atom stereocenters. The van der Waals surface area contributed by atoms with Crippen molar-refractivity contribution in [2.45, 2.75) is 19.4 Å². The third kappa shape index (κ3) is 3.63. The second-order valence-corrected chi connectivity index (χ2v) is 9.06. The molecule has 0 N–H and O–H groups in total. The minimum atomic E-state index is -0.420. The zero-order valence-electron chi connectivity index (χ0n) is 13.8. The Labute approximate surface area is 147 Å². The summed E-state index contributed by atoms with van der Waals surface area (Å²) in [7, 11) is 1.15. The highest BCUT2D eigenvalue weighted by Crippen LogP contribution is 2.29. The number of benzene rings is 1. The summed E-state index contributed by atoms with van der Waals surface area (Å²) in [5, 5.41) is 10.3. The fourth-order valence-corrected chi connectivity index (χ4v) is 3.87. The van der Waals surface area contributed by atoms with E-state index < -0.39 is 9.52 Å². The number of aromatic nitrogens is 5. The van der Waals surface area contributed by atoms with Gasteiger partial charge in [0, 0.05) is 22.8 Å². The van der Waals surface area contributed by atoms with Gasteiger partial charge >= 0.3 is 0 Å². The quantitative estimate of drug-likeness (QED) is 0.652. The summed E-state index contributed by atoms with van der Waals surface area (Å²) < 4.78 is 6.97. The van der Waals surface area contributed by atoms with Crippen molar-refractivity contribution in [2.24, 2.45) is 0 Å². The van der Waals surface area contributed by atoms with Crippen LogP contribution in [0.1, 0.15) is 13.8 Å². The van der Waals surface area contributed by atoms with Gasteiger partial charge in [-0.2, -0.15) is 0 Å². The number of nitrogens with zero attached hydrogens (tertiary/aromatic N) is 5. The Kier molecular flexibility index (Phi) is 4.91. The van der Waals surface area contributed by atoms with Crippen molar-refractivity contribution in [3.05, 3.63) is 41.8 Å². The first-order chi connectivity index (χ1) is 11.6. The van der Waals surface area contributed by atoms with Gasteiger partial charge in [-0.25, -0.2) is 14.6 Å². The molecule has 0 bridgehead atoms. The van der Waals surface area contributed by atoms with Gasteiger partial charge in [-0.15, -0.1) is 5.10 Å². The van der Waals surface area contributed by atoms with E-state index in [0.29, 0.717) is 16.4 Å². The number of hydrogen-bond donors (Lipinski definition) is 0. The van der Waals surface area contributed by atoms with Crippen molar-refractivity contribution >= 4 is 26.4 Å². The highest BCUT2D eigenvalue weighted by molar-refractivity contribution is 6.53. The maximum Gasteiger partial charge on any atom is 0.216 e. The minimum absolute atomic E-state index is 0.420. The molecule has 0 aliphatic carbocycles. The molecule has 0 aliphatic heterocycles. The summed E-state index contributed by atoms with van der Waals surface area (Å²) in [5.74, 6) is 0.498. The lowest BCUT2D eigenvalue weighted by atomic mass is 10.1. The van der Waals surface area contributed by atoms with E-state index >= 15 is 0 Å². The molecular weight excluding hydrogens is 342 g/mol. The van der Waals surface area contributed by atoms with Gasteiger partial charge in [0.1, 0.15) is 6.33 Å². The molecule has 6 nitrogen and oxygen atoms in total. The van der Waals surface area contributed by atoms with E-state index in [-0.39, 0.29) is 0 Å². The van der Waals surface area contributed by atoms with E-state index in [1.54, 1.807) is 17.9 Å². The van der Waals surface area contributed by atoms with Crippen LogP contribution in [0.2, 0.25) is 10.6 Å². The van der Waals surface area contributed by atoms with Crippen LogP contribution < -0.4 is 10.1 Å². The molecule has 1 aromatic carbocycles. The predicted molar refractivity (Wildman–Crippen MR) is 97.2 cm³/mol. The average Bonchev–Trinajstić information content (AvgIpc) is 3.02. The lowest BCUT2D eigenvalue weighted by Gasteiger charge is -2.10. The SMILES string of the molecule is COc1cc(-c2cc(Cl)ccc2-n2cc([SiH2]C(C)C)nn2)ncn1. The summed E-state index contributed by atoms with van der Waals surface area (Å²) in [4.78, 5) is 8.39. The zero-order chi connectivity index (χ0) is 17.1. The van der Waals surface area contributed by atoms with Crippen molar-refractivity contribution in [2.75, 3.05) is 7.11 Å². The van der Waals surface area contributed by atoms with Gasteiger partial charge < -0.3 is 4.74 Å². The highest BCUT2D eigenvalue weighted by Gasteiger charge is 2.13. The fourth-order valence-electron chi connectivity index (χ4n) is 2.44. The summed E-state index contributed by atoms with van der Waals surface area (Å²) in [6.07, 6.45) is 3.47. The van der Waals surface area contributed by atoms with Crippen molar-refractivity contribution in [3.63, 3.8) is 0 Å². The summed E-state index contributed by atoms with van der Waals surface area (Å²) in [5.41, 5.74) is 3.10. The molecule has 3 rings (SSSR count). The topological polar surface area (TPSA) is 65.7 Å². The summed E-state index contributed by atoms with van der Waals surface area (Å²) >= 11 is 6.19. The van der Waals surface area contributed by atoms with E-state index in [2.05, 4.69) is 34.1 Å². The Bertz CT molecular complexity index is 852. The number of hydrogen-bond acceptors (Lipinski definition) is 5. The van der Waals surface area contributed by atoms with E-state index in [9.17, 15) is 0 Å². The monoisotopic (exact) mass is 359 g/mol. The van der Waals surface area contributed by atoms with Gasteiger partial charge in [-0.3, -0.25) is 0 Å². The van der Waals surface area contributed by atoms with Crippen molar-refractivity contribution in [1.82, 2.24) is 25.0 Å². The van der Waals surface area contributed by atoms with E-state index in [0.717, 1.165) is 22.3 Å².